The van der Waals surface area contributed by atoms with Crippen LogP contribution >= 0.6 is 0 Å². The van der Waals surface area contributed by atoms with Crippen molar-refractivity contribution in [1.29, 1.82) is 0 Å². The predicted octanol–water partition coefficient (Wildman–Crippen LogP) is 1.91. The number of aromatic amines is 1. The molecule has 0 saturated carbocycles. The van der Waals surface area contributed by atoms with Gasteiger partial charge in [0.25, 0.3) is 0 Å². The maximum atomic E-state index is 11.9. The first kappa shape index (κ1) is 12.2. The third kappa shape index (κ3) is 2.68. The van der Waals surface area contributed by atoms with E-state index in [-0.39, 0.29) is 18.1 Å². The second kappa shape index (κ2) is 4.91. The molecule has 0 spiro atoms. The molecule has 0 unspecified atom stereocenters. The zero-order valence-electron chi connectivity index (χ0n) is 10.3. The Morgan fingerprint density at radius 2 is 2.00 bits per heavy atom. The standard InChI is InChI=1S/C13H15N3O2/c1-8-13(9(2)16-15-8)14-12(18)7-10-3-5-11(17)6-4-10/h3-6,17H,7H2,1-2H3,(H,14,18)(H,15,16). The van der Waals surface area contributed by atoms with Crippen molar-refractivity contribution in [2.24, 2.45) is 0 Å². The van der Waals surface area contributed by atoms with Crippen LogP contribution in [-0.2, 0) is 11.2 Å². The van der Waals surface area contributed by atoms with Gasteiger partial charge < -0.3 is 10.4 Å². The number of nitrogens with zero attached hydrogens (tertiary/aromatic N) is 1. The first-order valence-electron chi connectivity index (χ1n) is 5.65. The molecule has 0 saturated heterocycles. The number of nitrogens with one attached hydrogen (secondary N) is 2. The molecule has 0 fully saturated rings. The number of benzene rings is 1. The van der Waals surface area contributed by atoms with Gasteiger partial charge in [0.05, 0.1) is 23.5 Å². The van der Waals surface area contributed by atoms with E-state index in [0.717, 1.165) is 22.6 Å². The summed E-state index contributed by atoms with van der Waals surface area (Å²) in [5, 5.41) is 18.8. The highest BCUT2D eigenvalue weighted by atomic mass is 16.3. The van der Waals surface area contributed by atoms with E-state index in [2.05, 4.69) is 15.5 Å². The maximum absolute atomic E-state index is 11.9. The highest BCUT2D eigenvalue weighted by Gasteiger charge is 2.10. The minimum Gasteiger partial charge on any atom is -0.508 e. The van der Waals surface area contributed by atoms with Gasteiger partial charge in [0.2, 0.25) is 5.91 Å². The van der Waals surface area contributed by atoms with Crippen LogP contribution < -0.4 is 5.32 Å². The van der Waals surface area contributed by atoms with Gasteiger partial charge in [-0.3, -0.25) is 9.89 Å². The summed E-state index contributed by atoms with van der Waals surface area (Å²) in [7, 11) is 0. The molecule has 5 heteroatoms. The Labute approximate surface area is 105 Å². The highest BCUT2D eigenvalue weighted by Crippen LogP contribution is 2.17. The molecule has 1 aromatic carbocycles. The fourth-order valence-electron chi connectivity index (χ4n) is 1.72. The number of anilines is 1. The summed E-state index contributed by atoms with van der Waals surface area (Å²) in [4.78, 5) is 11.9. The SMILES string of the molecule is Cc1n[nH]c(C)c1NC(=O)Cc1ccc(O)cc1. The maximum Gasteiger partial charge on any atom is 0.228 e. The quantitative estimate of drug-likeness (QED) is 0.773. The Morgan fingerprint density at radius 3 is 2.56 bits per heavy atom. The van der Waals surface area contributed by atoms with Gasteiger partial charge in [0.15, 0.2) is 0 Å². The van der Waals surface area contributed by atoms with Crippen molar-refractivity contribution in [3.8, 4) is 5.75 Å². The summed E-state index contributed by atoms with van der Waals surface area (Å²) < 4.78 is 0. The molecule has 0 aliphatic rings. The van der Waals surface area contributed by atoms with Crippen molar-refractivity contribution >= 4 is 11.6 Å². The fraction of sp³-hybridized carbons (Fsp3) is 0.231. The van der Waals surface area contributed by atoms with E-state index < -0.39 is 0 Å². The van der Waals surface area contributed by atoms with Crippen molar-refractivity contribution in [2.75, 3.05) is 5.32 Å². The Hall–Kier alpha value is -2.30. The normalized spacial score (nSPS) is 10.3. The van der Waals surface area contributed by atoms with Crippen LogP contribution in [0.25, 0.3) is 0 Å². The summed E-state index contributed by atoms with van der Waals surface area (Å²) in [6.07, 6.45) is 0.268. The average Bonchev–Trinajstić information content (AvgIpc) is 2.64. The molecule has 18 heavy (non-hydrogen) atoms. The molecular formula is C13H15N3O2. The number of aryl methyl sites for hydroxylation is 2. The largest absolute Gasteiger partial charge is 0.508 e. The number of aromatic nitrogens is 2. The number of carbonyl (C=O) groups excluding carboxylic acids is 1. The molecule has 0 aliphatic heterocycles. The van der Waals surface area contributed by atoms with Gasteiger partial charge in [-0.1, -0.05) is 12.1 Å². The van der Waals surface area contributed by atoms with Gasteiger partial charge in [-0.15, -0.1) is 0 Å². The van der Waals surface area contributed by atoms with E-state index in [4.69, 9.17) is 5.11 Å². The molecule has 3 N–H and O–H groups in total. The van der Waals surface area contributed by atoms with Crippen molar-refractivity contribution in [2.45, 2.75) is 20.3 Å². The number of phenolic OH excluding ortho intramolecular Hbond substituents is 1. The summed E-state index contributed by atoms with van der Waals surface area (Å²) in [6.45, 7) is 3.69. The smallest absolute Gasteiger partial charge is 0.228 e. The van der Waals surface area contributed by atoms with Gasteiger partial charge in [-0.05, 0) is 31.5 Å². The Balaban J connectivity index is 2.03. The summed E-state index contributed by atoms with van der Waals surface area (Å²) in [6, 6.07) is 6.59. The van der Waals surface area contributed by atoms with Gasteiger partial charge in [0.1, 0.15) is 5.75 Å². The van der Waals surface area contributed by atoms with Crippen LogP contribution in [0.3, 0.4) is 0 Å². The lowest BCUT2D eigenvalue weighted by Gasteiger charge is -2.05. The number of rotatable bonds is 3. The Bertz CT molecular complexity index is 539. The monoisotopic (exact) mass is 245 g/mol. The highest BCUT2D eigenvalue weighted by molar-refractivity contribution is 5.93. The Morgan fingerprint density at radius 1 is 1.33 bits per heavy atom. The van der Waals surface area contributed by atoms with Crippen LogP contribution in [0.4, 0.5) is 5.69 Å². The first-order valence-corrected chi connectivity index (χ1v) is 5.65. The molecule has 94 valence electrons. The zero-order valence-corrected chi connectivity index (χ0v) is 10.3. The van der Waals surface area contributed by atoms with E-state index in [1.165, 1.54) is 0 Å². The average molecular weight is 245 g/mol. The van der Waals surface area contributed by atoms with E-state index >= 15 is 0 Å². The zero-order chi connectivity index (χ0) is 13.1. The topological polar surface area (TPSA) is 78.0 Å². The molecule has 5 nitrogen and oxygen atoms in total. The minimum absolute atomic E-state index is 0.103. The first-order chi connectivity index (χ1) is 8.56. The van der Waals surface area contributed by atoms with Crippen molar-refractivity contribution in [1.82, 2.24) is 10.2 Å². The molecule has 2 aromatic rings. The molecule has 0 aliphatic carbocycles. The third-order valence-electron chi connectivity index (χ3n) is 2.69. The van der Waals surface area contributed by atoms with Crippen molar-refractivity contribution < 1.29 is 9.90 Å². The lowest BCUT2D eigenvalue weighted by molar-refractivity contribution is -0.115. The molecule has 1 aromatic heterocycles. The van der Waals surface area contributed by atoms with E-state index in [1.54, 1.807) is 24.3 Å². The molecular weight excluding hydrogens is 230 g/mol. The fourth-order valence-corrected chi connectivity index (χ4v) is 1.72. The molecule has 1 amide bonds. The second-order valence-corrected chi connectivity index (χ2v) is 4.20. The van der Waals surface area contributed by atoms with Crippen LogP contribution in [0.5, 0.6) is 5.75 Å². The number of hydrogen-bond acceptors (Lipinski definition) is 3. The Kier molecular flexibility index (Phi) is 3.32. The van der Waals surface area contributed by atoms with Crippen molar-refractivity contribution in [3.05, 3.63) is 41.2 Å². The summed E-state index contributed by atoms with van der Waals surface area (Å²) >= 11 is 0. The minimum atomic E-state index is -0.103. The molecule has 1 heterocycles. The number of phenols is 1. The summed E-state index contributed by atoms with van der Waals surface area (Å²) in [5.41, 5.74) is 3.20. The second-order valence-electron chi connectivity index (χ2n) is 4.20. The van der Waals surface area contributed by atoms with Crippen LogP contribution in [0, 0.1) is 13.8 Å². The van der Waals surface area contributed by atoms with E-state index in [1.807, 2.05) is 13.8 Å². The number of amides is 1. The lowest BCUT2D eigenvalue weighted by Crippen LogP contribution is -2.15. The summed E-state index contributed by atoms with van der Waals surface area (Å²) in [5.74, 6) is 0.0916. The van der Waals surface area contributed by atoms with Crippen LogP contribution in [-0.4, -0.2) is 21.2 Å². The van der Waals surface area contributed by atoms with E-state index in [0.29, 0.717) is 0 Å². The van der Waals surface area contributed by atoms with Gasteiger partial charge in [-0.2, -0.15) is 5.10 Å². The van der Waals surface area contributed by atoms with Crippen molar-refractivity contribution in [3.63, 3.8) is 0 Å². The van der Waals surface area contributed by atoms with E-state index in [9.17, 15) is 4.79 Å². The molecule has 0 radical (unpaired) electrons. The predicted molar refractivity (Wildman–Crippen MR) is 68.5 cm³/mol. The molecule has 0 bridgehead atoms. The molecule has 0 atom stereocenters. The number of hydrogen-bond donors (Lipinski definition) is 3. The third-order valence-corrected chi connectivity index (χ3v) is 2.69. The van der Waals surface area contributed by atoms with Crippen LogP contribution in [0.1, 0.15) is 17.0 Å². The lowest BCUT2D eigenvalue weighted by atomic mass is 10.1. The number of carbonyl (C=O) groups is 1. The van der Waals surface area contributed by atoms with Crippen LogP contribution in [0.2, 0.25) is 0 Å². The van der Waals surface area contributed by atoms with Gasteiger partial charge in [-0.25, -0.2) is 0 Å². The van der Waals surface area contributed by atoms with Gasteiger partial charge >= 0.3 is 0 Å². The molecule has 2 rings (SSSR count). The van der Waals surface area contributed by atoms with Crippen LogP contribution in [0.15, 0.2) is 24.3 Å². The number of H-pyrrole nitrogens is 1. The number of aromatic hydroxyl groups is 1. The van der Waals surface area contributed by atoms with Gasteiger partial charge in [0, 0.05) is 0 Å².